The minimum absolute atomic E-state index is 0.132. The fraction of sp³-hybridized carbons (Fsp3) is 0.571. The third kappa shape index (κ3) is 10.6. The van der Waals surface area contributed by atoms with Gasteiger partial charge in [0.25, 0.3) is 0 Å². The van der Waals surface area contributed by atoms with E-state index in [1.807, 2.05) is 0 Å². The molecule has 0 aliphatic heterocycles. The Morgan fingerprint density at radius 2 is 1.22 bits per heavy atom. The van der Waals surface area contributed by atoms with Crippen LogP contribution in [0.2, 0.25) is 0 Å². The molecule has 0 radical (unpaired) electrons. The van der Waals surface area contributed by atoms with Crippen molar-refractivity contribution in [3.8, 4) is 23.7 Å². The van der Waals surface area contributed by atoms with Gasteiger partial charge in [-0.2, -0.15) is 0 Å². The molecule has 98 valence electrons. The van der Waals surface area contributed by atoms with Crippen molar-refractivity contribution < 1.29 is 19.1 Å². The number of unbranched alkanes of at least 4 members (excludes halogenated alkanes) is 1. The van der Waals surface area contributed by atoms with Crippen molar-refractivity contribution in [3.63, 3.8) is 0 Å². The van der Waals surface area contributed by atoms with E-state index in [0.29, 0.717) is 25.7 Å². The van der Waals surface area contributed by atoms with Crippen molar-refractivity contribution in [1.82, 2.24) is 0 Å². The summed E-state index contributed by atoms with van der Waals surface area (Å²) in [7, 11) is 0. The molecule has 0 N–H and O–H groups in total. The molecule has 0 amide bonds. The van der Waals surface area contributed by atoms with Gasteiger partial charge in [0, 0.05) is 12.8 Å². The van der Waals surface area contributed by atoms with Crippen molar-refractivity contribution in [2.24, 2.45) is 0 Å². The molecule has 0 aliphatic carbocycles. The molecule has 18 heavy (non-hydrogen) atoms. The Bertz CT molecular complexity index is 338. The Labute approximate surface area is 108 Å². The Hall–Kier alpha value is -1.94. The van der Waals surface area contributed by atoms with E-state index in [-0.39, 0.29) is 25.2 Å². The summed E-state index contributed by atoms with van der Waals surface area (Å²) in [5, 5.41) is 0. The number of rotatable bonds is 7. The second-order valence-corrected chi connectivity index (χ2v) is 3.38. The lowest BCUT2D eigenvalue weighted by Crippen LogP contribution is -2.07. The van der Waals surface area contributed by atoms with Gasteiger partial charge in [-0.25, -0.2) is 0 Å². The molecule has 0 unspecified atom stereocenters. The Morgan fingerprint density at radius 3 is 1.56 bits per heavy atom. The van der Waals surface area contributed by atoms with Crippen LogP contribution in [0.5, 0.6) is 0 Å². The minimum Gasteiger partial charge on any atom is -0.452 e. The van der Waals surface area contributed by atoms with Crippen LogP contribution in [0.1, 0.15) is 39.5 Å². The molecule has 4 heteroatoms. The van der Waals surface area contributed by atoms with Gasteiger partial charge in [-0.1, -0.05) is 11.8 Å². The van der Waals surface area contributed by atoms with Gasteiger partial charge in [0.2, 0.25) is 0 Å². The maximum Gasteiger partial charge on any atom is 0.306 e. The second-order valence-electron chi connectivity index (χ2n) is 3.38. The molecule has 0 atom stereocenters. The maximum atomic E-state index is 11.1. The summed E-state index contributed by atoms with van der Waals surface area (Å²) in [5.74, 6) is 9.96. The third-order valence-corrected chi connectivity index (χ3v) is 1.98. The van der Waals surface area contributed by atoms with Gasteiger partial charge in [-0.3, -0.25) is 9.59 Å². The Morgan fingerprint density at radius 1 is 0.833 bits per heavy atom. The lowest BCUT2D eigenvalue weighted by atomic mass is 10.2. The van der Waals surface area contributed by atoms with Crippen LogP contribution in [0.25, 0.3) is 0 Å². The van der Waals surface area contributed by atoms with Gasteiger partial charge in [-0.15, -0.1) is 11.8 Å². The van der Waals surface area contributed by atoms with E-state index in [1.54, 1.807) is 13.8 Å². The Balaban J connectivity index is 3.47. The lowest BCUT2D eigenvalue weighted by molar-refractivity contribution is -0.144. The van der Waals surface area contributed by atoms with Gasteiger partial charge >= 0.3 is 11.9 Å². The predicted octanol–water partition coefficient (Wildman–Crippen LogP) is 1.68. The minimum atomic E-state index is -0.289. The standard InChI is InChI=1S/C14H18O4/c1-3-5-11-17-13(15)9-7-8-10-14(16)18-12-6-4-2/h7-12H2,1-2H3. The van der Waals surface area contributed by atoms with Crippen molar-refractivity contribution >= 4 is 11.9 Å². The quantitative estimate of drug-likeness (QED) is 0.392. The number of carbonyl (C=O) groups is 2. The van der Waals surface area contributed by atoms with Gasteiger partial charge in [-0.05, 0) is 26.7 Å². The van der Waals surface area contributed by atoms with E-state index in [9.17, 15) is 9.59 Å². The monoisotopic (exact) mass is 250 g/mol. The van der Waals surface area contributed by atoms with Crippen molar-refractivity contribution in [2.75, 3.05) is 13.2 Å². The number of hydrogen-bond acceptors (Lipinski definition) is 4. The van der Waals surface area contributed by atoms with E-state index in [4.69, 9.17) is 9.47 Å². The molecule has 0 saturated carbocycles. The summed E-state index contributed by atoms with van der Waals surface area (Å²) in [4.78, 5) is 22.3. The SMILES string of the molecule is CC#CCOC(=O)CCCCC(=O)OCC#CC. The molecule has 0 rings (SSSR count). The zero-order chi connectivity index (χ0) is 13.6. The van der Waals surface area contributed by atoms with Crippen LogP contribution >= 0.6 is 0 Å². The first-order valence-corrected chi connectivity index (χ1v) is 5.81. The van der Waals surface area contributed by atoms with Crippen molar-refractivity contribution in [2.45, 2.75) is 39.5 Å². The summed E-state index contributed by atoms with van der Waals surface area (Å²) < 4.78 is 9.64. The predicted molar refractivity (Wildman–Crippen MR) is 67.3 cm³/mol. The van der Waals surface area contributed by atoms with Crippen molar-refractivity contribution in [1.29, 1.82) is 0 Å². The fourth-order valence-corrected chi connectivity index (χ4v) is 1.06. The Kier molecular flexibility index (Phi) is 10.3. The molecule has 0 bridgehead atoms. The number of esters is 2. The highest BCUT2D eigenvalue weighted by Gasteiger charge is 2.05. The lowest BCUT2D eigenvalue weighted by Gasteiger charge is -2.01. The van der Waals surface area contributed by atoms with E-state index in [0.717, 1.165) is 0 Å². The van der Waals surface area contributed by atoms with E-state index >= 15 is 0 Å². The molecule has 4 nitrogen and oxygen atoms in total. The van der Waals surface area contributed by atoms with Gasteiger partial charge < -0.3 is 9.47 Å². The molecule has 0 aromatic carbocycles. The molecular weight excluding hydrogens is 232 g/mol. The first-order chi connectivity index (χ1) is 8.70. The van der Waals surface area contributed by atoms with Gasteiger partial charge in [0.1, 0.15) is 0 Å². The van der Waals surface area contributed by atoms with Crippen LogP contribution in [0.4, 0.5) is 0 Å². The molecule has 0 fully saturated rings. The highest BCUT2D eigenvalue weighted by Crippen LogP contribution is 2.02. The number of carbonyl (C=O) groups excluding carboxylic acids is 2. The van der Waals surface area contributed by atoms with E-state index in [2.05, 4.69) is 23.7 Å². The van der Waals surface area contributed by atoms with Crippen LogP contribution in [0.3, 0.4) is 0 Å². The summed E-state index contributed by atoms with van der Waals surface area (Å²) in [5.41, 5.74) is 0. The largest absolute Gasteiger partial charge is 0.452 e. The van der Waals surface area contributed by atoms with E-state index < -0.39 is 0 Å². The van der Waals surface area contributed by atoms with Crippen LogP contribution < -0.4 is 0 Å². The molecule has 0 heterocycles. The summed E-state index contributed by atoms with van der Waals surface area (Å²) in [6.07, 6.45) is 1.81. The first-order valence-electron chi connectivity index (χ1n) is 5.81. The first kappa shape index (κ1) is 16.1. The summed E-state index contributed by atoms with van der Waals surface area (Å²) >= 11 is 0. The maximum absolute atomic E-state index is 11.1. The molecule has 0 saturated heterocycles. The molecule has 0 aromatic heterocycles. The van der Waals surface area contributed by atoms with Gasteiger partial charge in [0.05, 0.1) is 0 Å². The van der Waals surface area contributed by atoms with Gasteiger partial charge in [0.15, 0.2) is 13.2 Å². The summed E-state index contributed by atoms with van der Waals surface area (Å²) in [6.45, 7) is 3.63. The molecule has 0 spiro atoms. The summed E-state index contributed by atoms with van der Waals surface area (Å²) in [6, 6.07) is 0. The highest BCUT2D eigenvalue weighted by molar-refractivity contribution is 5.70. The van der Waals surface area contributed by atoms with E-state index in [1.165, 1.54) is 0 Å². The van der Waals surface area contributed by atoms with Crippen molar-refractivity contribution in [3.05, 3.63) is 0 Å². The number of hydrogen-bond donors (Lipinski definition) is 0. The topological polar surface area (TPSA) is 52.6 Å². The smallest absolute Gasteiger partial charge is 0.306 e. The molecule has 0 aromatic rings. The molecular formula is C14H18O4. The van der Waals surface area contributed by atoms with Crippen LogP contribution in [0, 0.1) is 23.7 Å². The van der Waals surface area contributed by atoms with Crippen LogP contribution in [0.15, 0.2) is 0 Å². The van der Waals surface area contributed by atoms with Crippen LogP contribution in [-0.2, 0) is 19.1 Å². The highest BCUT2D eigenvalue weighted by atomic mass is 16.5. The second kappa shape index (κ2) is 11.5. The molecule has 0 aliphatic rings. The van der Waals surface area contributed by atoms with Crippen LogP contribution in [-0.4, -0.2) is 25.2 Å². The normalized spacial score (nSPS) is 8.33. The average Bonchev–Trinajstić information content (AvgIpc) is 2.35. The fourth-order valence-electron chi connectivity index (χ4n) is 1.06. The third-order valence-electron chi connectivity index (χ3n) is 1.98. The zero-order valence-corrected chi connectivity index (χ0v) is 10.9. The number of ether oxygens (including phenoxy) is 2. The zero-order valence-electron chi connectivity index (χ0n) is 10.9. The average molecular weight is 250 g/mol.